The van der Waals surface area contributed by atoms with E-state index >= 15 is 0 Å². The van der Waals surface area contributed by atoms with E-state index in [2.05, 4.69) is 53.9 Å². The van der Waals surface area contributed by atoms with Crippen LogP contribution in [0.2, 0.25) is 0 Å². The van der Waals surface area contributed by atoms with Gasteiger partial charge in [0.25, 0.3) is 0 Å². The molecule has 0 amide bonds. The molecule has 1 fully saturated rings. The molecule has 192 valence electrons. The fourth-order valence-corrected chi connectivity index (χ4v) is 4.67. The van der Waals surface area contributed by atoms with E-state index in [9.17, 15) is 0 Å². The molecule has 5 rings (SSSR count). The summed E-state index contributed by atoms with van der Waals surface area (Å²) in [5, 5.41) is 5.60. The molecule has 7 nitrogen and oxygen atoms in total. The Morgan fingerprint density at radius 2 is 1.83 bits per heavy atom. The molecular weight excluding hydrogens is 448 g/mol. The molecule has 0 aliphatic carbocycles. The van der Waals surface area contributed by atoms with Gasteiger partial charge in [-0.15, -0.1) is 0 Å². The molecule has 0 unspecified atom stereocenters. The van der Waals surface area contributed by atoms with Crippen molar-refractivity contribution in [1.29, 1.82) is 0 Å². The van der Waals surface area contributed by atoms with Crippen molar-refractivity contribution in [2.45, 2.75) is 47.0 Å². The minimum atomic E-state index is 0.636. The molecule has 0 N–H and O–H groups in total. The number of benzene rings is 1. The average Bonchev–Trinajstić information content (AvgIpc) is 3.29. The van der Waals surface area contributed by atoms with E-state index < -0.39 is 0 Å². The van der Waals surface area contributed by atoms with Gasteiger partial charge in [0, 0.05) is 30.2 Å². The van der Waals surface area contributed by atoms with Crippen LogP contribution >= 0.6 is 0 Å². The molecule has 1 aliphatic heterocycles. The van der Waals surface area contributed by atoms with E-state index in [0.29, 0.717) is 6.61 Å². The van der Waals surface area contributed by atoms with E-state index in [0.717, 1.165) is 58.1 Å². The number of pyridine rings is 1. The zero-order chi connectivity index (χ0) is 25.5. The van der Waals surface area contributed by atoms with E-state index in [4.69, 9.17) is 9.72 Å². The summed E-state index contributed by atoms with van der Waals surface area (Å²) in [5.41, 5.74) is 4.96. The molecule has 0 saturated carbocycles. The predicted octanol–water partition coefficient (Wildman–Crippen LogP) is 5.93. The number of unbranched alkanes of at least 4 members (excludes halogenated alkanes) is 1. The molecule has 0 atom stereocenters. The van der Waals surface area contributed by atoms with Gasteiger partial charge in [-0.3, -0.25) is 4.98 Å². The topological polar surface area (TPSA) is 58.8 Å². The third-order valence-corrected chi connectivity index (χ3v) is 6.58. The van der Waals surface area contributed by atoms with E-state index in [1.807, 2.05) is 54.3 Å². The van der Waals surface area contributed by atoms with Gasteiger partial charge in [-0.25, -0.2) is 9.50 Å². The summed E-state index contributed by atoms with van der Waals surface area (Å²) < 4.78 is 7.54. The number of nitrogens with zero attached hydrogens (tertiary/aromatic N) is 6. The Morgan fingerprint density at radius 3 is 2.56 bits per heavy atom. The van der Waals surface area contributed by atoms with Crippen molar-refractivity contribution in [3.63, 3.8) is 0 Å². The smallest absolute Gasteiger partial charge is 0.162 e. The van der Waals surface area contributed by atoms with Gasteiger partial charge in [0.15, 0.2) is 5.65 Å². The van der Waals surface area contributed by atoms with Crippen molar-refractivity contribution in [3.05, 3.63) is 49.1 Å². The molecule has 1 aromatic carbocycles. The molecule has 0 radical (unpaired) electrons. The second kappa shape index (κ2) is 12.2. The largest absolute Gasteiger partial charge is 0.494 e. The first kappa shape index (κ1) is 25.9. The van der Waals surface area contributed by atoms with Crippen molar-refractivity contribution in [3.8, 4) is 16.9 Å². The molecule has 4 heterocycles. The molecule has 0 spiro atoms. The highest BCUT2D eigenvalue weighted by Crippen LogP contribution is 2.33. The van der Waals surface area contributed by atoms with Crippen LogP contribution in [-0.2, 0) is 0 Å². The Labute approximate surface area is 215 Å². The lowest BCUT2D eigenvalue weighted by Crippen LogP contribution is -2.45. The molecule has 7 heteroatoms. The highest BCUT2D eigenvalue weighted by molar-refractivity contribution is 5.98. The van der Waals surface area contributed by atoms with Gasteiger partial charge in [-0.1, -0.05) is 27.2 Å². The quantitative estimate of drug-likeness (QED) is 0.291. The second-order valence-electron chi connectivity index (χ2n) is 9.78. The van der Waals surface area contributed by atoms with Crippen LogP contribution in [0.3, 0.4) is 0 Å². The van der Waals surface area contributed by atoms with Gasteiger partial charge in [0.05, 0.1) is 36.4 Å². The maximum absolute atomic E-state index is 5.67. The Morgan fingerprint density at radius 1 is 1.00 bits per heavy atom. The Kier molecular flexibility index (Phi) is 8.75. The maximum atomic E-state index is 5.67. The SMILES string of the molecule is CCCCN(C)CCC.CCOc1ccc2nccc(-c3cnn4cc(N5CC(C)C5)cnc34)c2c1. The van der Waals surface area contributed by atoms with Crippen molar-refractivity contribution in [2.75, 3.05) is 44.7 Å². The average molecular weight is 489 g/mol. The summed E-state index contributed by atoms with van der Waals surface area (Å²) in [7, 11) is 2.19. The Bertz CT molecular complexity index is 1260. The van der Waals surface area contributed by atoms with Crippen LogP contribution in [0.1, 0.15) is 47.0 Å². The first-order valence-electron chi connectivity index (χ1n) is 13.3. The normalized spacial score (nSPS) is 13.7. The lowest BCUT2D eigenvalue weighted by Gasteiger charge is -2.38. The number of fused-ring (bicyclic) bond motifs is 2. The van der Waals surface area contributed by atoms with Crippen LogP contribution in [0.25, 0.3) is 27.7 Å². The van der Waals surface area contributed by atoms with Gasteiger partial charge in [0.2, 0.25) is 0 Å². The summed E-state index contributed by atoms with van der Waals surface area (Å²) in [6.45, 7) is 14.0. The third-order valence-electron chi connectivity index (χ3n) is 6.58. The van der Waals surface area contributed by atoms with Crippen LogP contribution in [-0.4, -0.2) is 64.3 Å². The number of hydrogen-bond acceptors (Lipinski definition) is 6. The van der Waals surface area contributed by atoms with Crippen LogP contribution in [0.15, 0.2) is 49.1 Å². The van der Waals surface area contributed by atoms with Gasteiger partial charge >= 0.3 is 0 Å². The highest BCUT2D eigenvalue weighted by atomic mass is 16.5. The molecule has 1 aliphatic rings. The molecule has 0 bridgehead atoms. The molecule has 4 aromatic rings. The van der Waals surface area contributed by atoms with Gasteiger partial charge in [-0.2, -0.15) is 5.10 Å². The summed E-state index contributed by atoms with van der Waals surface area (Å²) >= 11 is 0. The molecule has 3 aromatic heterocycles. The number of anilines is 1. The molecule has 36 heavy (non-hydrogen) atoms. The minimum absolute atomic E-state index is 0.636. The van der Waals surface area contributed by atoms with Crippen LogP contribution < -0.4 is 9.64 Å². The fraction of sp³-hybridized carbons (Fsp3) is 0.483. The van der Waals surface area contributed by atoms with E-state index in [-0.39, 0.29) is 0 Å². The monoisotopic (exact) mass is 488 g/mol. The Balaban J connectivity index is 0.000000292. The number of hydrogen-bond donors (Lipinski definition) is 0. The Hall–Kier alpha value is -3.19. The number of aromatic nitrogens is 4. The zero-order valence-corrected chi connectivity index (χ0v) is 22.4. The van der Waals surface area contributed by atoms with Crippen LogP contribution in [0.5, 0.6) is 5.75 Å². The highest BCUT2D eigenvalue weighted by Gasteiger charge is 2.23. The molecule has 1 saturated heterocycles. The van der Waals surface area contributed by atoms with Gasteiger partial charge in [0.1, 0.15) is 5.75 Å². The summed E-state index contributed by atoms with van der Waals surface area (Å²) in [6, 6.07) is 8.01. The summed E-state index contributed by atoms with van der Waals surface area (Å²) in [4.78, 5) is 13.9. The van der Waals surface area contributed by atoms with Crippen molar-refractivity contribution in [1.82, 2.24) is 24.5 Å². The fourth-order valence-electron chi connectivity index (χ4n) is 4.67. The zero-order valence-electron chi connectivity index (χ0n) is 22.4. The first-order valence-corrected chi connectivity index (χ1v) is 13.3. The minimum Gasteiger partial charge on any atom is -0.494 e. The van der Waals surface area contributed by atoms with Crippen molar-refractivity contribution < 1.29 is 4.74 Å². The lowest BCUT2D eigenvalue weighted by atomic mass is 10.0. The second-order valence-corrected chi connectivity index (χ2v) is 9.78. The lowest BCUT2D eigenvalue weighted by molar-refractivity contribution is 0.329. The van der Waals surface area contributed by atoms with Crippen LogP contribution in [0.4, 0.5) is 5.69 Å². The van der Waals surface area contributed by atoms with Crippen LogP contribution in [0, 0.1) is 5.92 Å². The van der Waals surface area contributed by atoms with E-state index in [1.165, 1.54) is 32.4 Å². The summed E-state index contributed by atoms with van der Waals surface area (Å²) in [6.07, 6.45) is 11.7. The van der Waals surface area contributed by atoms with Gasteiger partial charge in [-0.05, 0) is 75.6 Å². The standard InChI is InChI=1S/C21H21N5O.C8H19N/c1-3-27-16-4-5-20-18(8-16)17(6-7-22-20)19-10-24-26-13-15(9-23-21(19)26)25-11-14(2)12-25;1-4-6-8-9(3)7-5-2/h4-10,13-14H,3,11-12H2,1-2H3;4-8H2,1-3H3. The number of ether oxygens (including phenoxy) is 1. The molecular formula is C29H40N6O. The maximum Gasteiger partial charge on any atom is 0.162 e. The third kappa shape index (κ3) is 5.95. The van der Waals surface area contributed by atoms with Crippen molar-refractivity contribution >= 4 is 22.2 Å². The first-order chi connectivity index (χ1) is 17.5. The van der Waals surface area contributed by atoms with Crippen molar-refractivity contribution in [2.24, 2.45) is 5.92 Å². The number of rotatable bonds is 9. The predicted molar refractivity (Wildman–Crippen MR) is 149 cm³/mol. The van der Waals surface area contributed by atoms with E-state index in [1.54, 1.807) is 0 Å². The van der Waals surface area contributed by atoms with Gasteiger partial charge < -0.3 is 14.5 Å². The summed E-state index contributed by atoms with van der Waals surface area (Å²) in [5.74, 6) is 1.59.